The lowest BCUT2D eigenvalue weighted by atomic mass is 10.2. The molecule has 0 saturated carbocycles. The molecular formula is C11H10F3NO2. The van der Waals surface area contributed by atoms with Gasteiger partial charge in [-0.2, -0.15) is 18.4 Å². The molecule has 0 amide bonds. The summed E-state index contributed by atoms with van der Waals surface area (Å²) in [7, 11) is 0. The Morgan fingerprint density at radius 1 is 1.18 bits per heavy atom. The van der Waals surface area contributed by atoms with E-state index in [9.17, 15) is 13.2 Å². The normalized spacial score (nSPS) is 10.9. The van der Waals surface area contributed by atoms with Gasteiger partial charge in [0.2, 0.25) is 0 Å². The molecule has 0 N–H and O–H groups in total. The summed E-state index contributed by atoms with van der Waals surface area (Å²) in [4.78, 5) is 0. The first kappa shape index (κ1) is 13.3. The van der Waals surface area contributed by atoms with Crippen LogP contribution in [0.15, 0.2) is 24.3 Å². The van der Waals surface area contributed by atoms with Crippen LogP contribution < -0.4 is 4.74 Å². The Morgan fingerprint density at radius 2 is 1.82 bits per heavy atom. The highest BCUT2D eigenvalue weighted by Gasteiger charge is 2.27. The van der Waals surface area contributed by atoms with Crippen molar-refractivity contribution in [2.45, 2.75) is 12.6 Å². The van der Waals surface area contributed by atoms with Crippen LogP contribution in [0.1, 0.15) is 5.56 Å². The van der Waals surface area contributed by atoms with Crippen molar-refractivity contribution < 1.29 is 22.6 Å². The van der Waals surface area contributed by atoms with Gasteiger partial charge in [-0.05, 0) is 17.7 Å². The lowest BCUT2D eigenvalue weighted by Crippen LogP contribution is -2.19. The van der Waals surface area contributed by atoms with E-state index >= 15 is 0 Å². The van der Waals surface area contributed by atoms with Gasteiger partial charge in [-0.1, -0.05) is 12.1 Å². The summed E-state index contributed by atoms with van der Waals surface area (Å²) in [5.41, 5.74) is 0.816. The molecule has 0 unspecified atom stereocenters. The van der Waals surface area contributed by atoms with Crippen molar-refractivity contribution in [3.8, 4) is 11.8 Å². The number of hydrogen-bond donors (Lipinski definition) is 0. The maximum Gasteiger partial charge on any atom is 0.411 e. The molecule has 0 aliphatic rings. The van der Waals surface area contributed by atoms with Gasteiger partial charge in [0, 0.05) is 0 Å². The SMILES string of the molecule is N#CCc1ccc(OCOCC(F)(F)F)cc1. The molecule has 17 heavy (non-hydrogen) atoms. The van der Waals surface area contributed by atoms with Crippen LogP contribution in [0, 0.1) is 11.3 Å². The molecule has 1 aromatic carbocycles. The molecule has 0 aromatic heterocycles. The van der Waals surface area contributed by atoms with Gasteiger partial charge in [0.15, 0.2) is 6.79 Å². The van der Waals surface area contributed by atoms with Gasteiger partial charge in [0.25, 0.3) is 0 Å². The third-order valence-electron chi connectivity index (χ3n) is 1.78. The van der Waals surface area contributed by atoms with Gasteiger partial charge in [0.05, 0.1) is 12.5 Å². The molecule has 0 heterocycles. The second-order valence-electron chi connectivity index (χ2n) is 3.20. The Hall–Kier alpha value is -1.74. The van der Waals surface area contributed by atoms with Crippen molar-refractivity contribution in [3.63, 3.8) is 0 Å². The van der Waals surface area contributed by atoms with Gasteiger partial charge in [-0.25, -0.2) is 0 Å². The summed E-state index contributed by atoms with van der Waals surface area (Å²) < 4.78 is 44.3. The van der Waals surface area contributed by atoms with Crippen LogP contribution in [0.4, 0.5) is 13.2 Å². The summed E-state index contributed by atoms with van der Waals surface area (Å²) in [6, 6.07) is 8.47. The molecule has 0 bridgehead atoms. The van der Waals surface area contributed by atoms with Gasteiger partial charge >= 0.3 is 6.18 Å². The van der Waals surface area contributed by atoms with E-state index < -0.39 is 19.6 Å². The third-order valence-corrected chi connectivity index (χ3v) is 1.78. The summed E-state index contributed by atoms with van der Waals surface area (Å²) >= 11 is 0. The maximum absolute atomic E-state index is 11.7. The van der Waals surface area contributed by atoms with Gasteiger partial charge in [-0.3, -0.25) is 0 Å². The second kappa shape index (κ2) is 6.11. The monoisotopic (exact) mass is 245 g/mol. The first-order chi connectivity index (χ1) is 8.01. The molecule has 92 valence electrons. The number of halogens is 3. The number of benzene rings is 1. The topological polar surface area (TPSA) is 42.2 Å². The minimum Gasteiger partial charge on any atom is -0.468 e. The molecule has 0 aliphatic heterocycles. The Labute approximate surface area is 96.4 Å². The van der Waals surface area contributed by atoms with E-state index in [1.54, 1.807) is 24.3 Å². The highest BCUT2D eigenvalue weighted by Crippen LogP contribution is 2.15. The van der Waals surface area contributed by atoms with Crippen molar-refractivity contribution in [3.05, 3.63) is 29.8 Å². The minimum absolute atomic E-state index is 0.283. The first-order valence-corrected chi connectivity index (χ1v) is 4.74. The summed E-state index contributed by atoms with van der Waals surface area (Å²) in [5, 5.41) is 8.43. The van der Waals surface area contributed by atoms with Crippen molar-refractivity contribution in [1.29, 1.82) is 5.26 Å². The average molecular weight is 245 g/mol. The summed E-state index contributed by atoms with van der Waals surface area (Å²) in [6.07, 6.45) is -4.06. The highest BCUT2D eigenvalue weighted by molar-refractivity contribution is 5.28. The molecule has 0 atom stereocenters. The Kier molecular flexibility index (Phi) is 4.79. The molecule has 0 saturated heterocycles. The van der Waals surface area contributed by atoms with Crippen LogP contribution in [0.25, 0.3) is 0 Å². The van der Waals surface area contributed by atoms with E-state index in [0.717, 1.165) is 5.56 Å². The van der Waals surface area contributed by atoms with E-state index in [0.29, 0.717) is 5.75 Å². The quantitative estimate of drug-likeness (QED) is 0.591. The standard InChI is InChI=1S/C11H10F3NO2/c12-11(13,14)7-16-8-17-10-3-1-9(2-4-10)5-6-15/h1-4H,5,7-8H2. The van der Waals surface area contributed by atoms with Crippen LogP contribution in [-0.2, 0) is 11.2 Å². The van der Waals surface area contributed by atoms with Crippen LogP contribution in [0.3, 0.4) is 0 Å². The van der Waals surface area contributed by atoms with Gasteiger partial charge in [0.1, 0.15) is 12.4 Å². The third kappa shape index (κ3) is 5.78. The fraction of sp³-hybridized carbons (Fsp3) is 0.364. The van der Waals surface area contributed by atoms with E-state index in [4.69, 9.17) is 10.00 Å². The minimum atomic E-state index is -4.35. The summed E-state index contributed by atoms with van der Waals surface area (Å²) in [5.74, 6) is 0.397. The fourth-order valence-electron chi connectivity index (χ4n) is 1.06. The van der Waals surface area contributed by atoms with E-state index in [1.165, 1.54) is 0 Å². The number of ether oxygens (including phenoxy) is 2. The zero-order valence-corrected chi connectivity index (χ0v) is 8.83. The molecule has 0 radical (unpaired) electrons. The molecule has 0 fully saturated rings. The summed E-state index contributed by atoms with van der Waals surface area (Å²) in [6.45, 7) is -1.80. The molecule has 1 rings (SSSR count). The first-order valence-electron chi connectivity index (χ1n) is 4.74. The number of alkyl halides is 3. The Bertz CT molecular complexity index is 381. The van der Waals surface area contributed by atoms with Crippen molar-refractivity contribution >= 4 is 0 Å². The zero-order chi connectivity index (χ0) is 12.7. The Balaban J connectivity index is 2.30. The van der Waals surface area contributed by atoms with Crippen LogP contribution in [0.5, 0.6) is 5.75 Å². The van der Waals surface area contributed by atoms with Crippen molar-refractivity contribution in [1.82, 2.24) is 0 Å². The molecule has 3 nitrogen and oxygen atoms in total. The largest absolute Gasteiger partial charge is 0.468 e. The highest BCUT2D eigenvalue weighted by atomic mass is 19.4. The van der Waals surface area contributed by atoms with Crippen LogP contribution >= 0.6 is 0 Å². The lowest BCUT2D eigenvalue weighted by molar-refractivity contribution is -0.186. The van der Waals surface area contributed by atoms with Crippen molar-refractivity contribution in [2.24, 2.45) is 0 Å². The molecular weight excluding hydrogens is 235 g/mol. The van der Waals surface area contributed by atoms with E-state index in [-0.39, 0.29) is 6.42 Å². The Morgan fingerprint density at radius 3 is 2.35 bits per heavy atom. The lowest BCUT2D eigenvalue weighted by Gasteiger charge is -2.09. The second-order valence-corrected chi connectivity index (χ2v) is 3.20. The van der Waals surface area contributed by atoms with Gasteiger partial charge < -0.3 is 9.47 Å². The predicted octanol–water partition coefficient (Wildman–Crippen LogP) is 2.67. The van der Waals surface area contributed by atoms with Crippen LogP contribution in [-0.4, -0.2) is 19.6 Å². The smallest absolute Gasteiger partial charge is 0.411 e. The number of nitriles is 1. The zero-order valence-electron chi connectivity index (χ0n) is 8.83. The molecule has 0 aliphatic carbocycles. The number of hydrogen-bond acceptors (Lipinski definition) is 3. The molecule has 0 spiro atoms. The average Bonchev–Trinajstić information content (AvgIpc) is 2.26. The predicted molar refractivity (Wildman–Crippen MR) is 53.3 cm³/mol. The van der Waals surface area contributed by atoms with E-state index in [1.807, 2.05) is 6.07 Å². The number of rotatable bonds is 5. The maximum atomic E-state index is 11.7. The molecule has 1 aromatic rings. The van der Waals surface area contributed by atoms with E-state index in [2.05, 4.69) is 4.74 Å². The van der Waals surface area contributed by atoms with Gasteiger partial charge in [-0.15, -0.1) is 0 Å². The molecule has 6 heteroatoms. The fourth-order valence-corrected chi connectivity index (χ4v) is 1.06. The number of nitrogens with zero attached hydrogens (tertiary/aromatic N) is 1. The van der Waals surface area contributed by atoms with Crippen molar-refractivity contribution in [2.75, 3.05) is 13.4 Å². The van der Waals surface area contributed by atoms with Crippen LogP contribution in [0.2, 0.25) is 0 Å².